The molecule has 2 aromatic rings. The average molecular weight is 359 g/mol. The number of halogens is 1. The van der Waals surface area contributed by atoms with E-state index < -0.39 is 0 Å². The first-order valence-electron chi connectivity index (χ1n) is 8.55. The quantitative estimate of drug-likeness (QED) is 0.562. The number of ether oxygens (including phenoxy) is 2. The summed E-state index contributed by atoms with van der Waals surface area (Å²) in [5.74, 6) is 0.873. The summed E-state index contributed by atoms with van der Waals surface area (Å²) in [7, 11) is 3.40. The highest BCUT2D eigenvalue weighted by molar-refractivity contribution is 5.79. The maximum Gasteiger partial charge on any atom is 0.191 e. The van der Waals surface area contributed by atoms with Gasteiger partial charge in [-0.3, -0.25) is 4.99 Å². The van der Waals surface area contributed by atoms with Crippen molar-refractivity contribution in [2.24, 2.45) is 4.99 Å². The van der Waals surface area contributed by atoms with E-state index in [1.165, 1.54) is 12.1 Å². The molecule has 0 aromatic heterocycles. The molecule has 0 saturated heterocycles. The minimum Gasteiger partial charge on any atom is -0.489 e. The van der Waals surface area contributed by atoms with Gasteiger partial charge in [0.25, 0.3) is 0 Å². The molecule has 140 valence electrons. The molecule has 1 atom stereocenters. The number of aliphatic imine (C=N–C) groups is 1. The van der Waals surface area contributed by atoms with Crippen LogP contribution >= 0.6 is 0 Å². The van der Waals surface area contributed by atoms with Crippen molar-refractivity contribution >= 4 is 5.96 Å². The second-order valence-corrected chi connectivity index (χ2v) is 5.89. The van der Waals surface area contributed by atoms with Crippen molar-refractivity contribution in [3.63, 3.8) is 0 Å². The van der Waals surface area contributed by atoms with E-state index in [-0.39, 0.29) is 11.9 Å². The SMILES string of the molecule is CN=C(NCc1ccccc1COC)NCC(C)Oc1cccc(F)c1. The molecule has 2 rings (SSSR count). The van der Waals surface area contributed by atoms with Gasteiger partial charge in [0.15, 0.2) is 5.96 Å². The van der Waals surface area contributed by atoms with E-state index in [9.17, 15) is 4.39 Å². The topological polar surface area (TPSA) is 54.9 Å². The van der Waals surface area contributed by atoms with Gasteiger partial charge >= 0.3 is 0 Å². The Balaban J connectivity index is 1.82. The molecule has 0 aliphatic carbocycles. The summed E-state index contributed by atoms with van der Waals surface area (Å²) in [4.78, 5) is 4.22. The van der Waals surface area contributed by atoms with Gasteiger partial charge in [-0.15, -0.1) is 0 Å². The number of hydrogen-bond donors (Lipinski definition) is 2. The largest absolute Gasteiger partial charge is 0.489 e. The van der Waals surface area contributed by atoms with Gasteiger partial charge in [0.2, 0.25) is 0 Å². The number of nitrogens with one attached hydrogen (secondary N) is 2. The van der Waals surface area contributed by atoms with Gasteiger partial charge in [0.05, 0.1) is 13.2 Å². The van der Waals surface area contributed by atoms with Crippen LogP contribution in [0.1, 0.15) is 18.1 Å². The molecule has 0 aliphatic rings. The number of nitrogens with zero attached hydrogens (tertiary/aromatic N) is 1. The van der Waals surface area contributed by atoms with Crippen molar-refractivity contribution < 1.29 is 13.9 Å². The Bertz CT molecular complexity index is 722. The summed E-state index contributed by atoms with van der Waals surface area (Å²) >= 11 is 0. The van der Waals surface area contributed by atoms with E-state index in [0.29, 0.717) is 31.4 Å². The van der Waals surface area contributed by atoms with Gasteiger partial charge in [0, 0.05) is 26.8 Å². The van der Waals surface area contributed by atoms with E-state index in [0.717, 1.165) is 11.1 Å². The third-order valence-electron chi connectivity index (χ3n) is 3.78. The Morgan fingerprint density at radius 1 is 1.12 bits per heavy atom. The first-order chi connectivity index (χ1) is 12.6. The standard InChI is InChI=1S/C20H26FN3O2/c1-15(26-19-10-6-9-18(21)11-19)12-23-20(22-2)24-13-16-7-4-5-8-17(16)14-25-3/h4-11,15H,12-14H2,1-3H3,(H2,22,23,24). The first-order valence-corrected chi connectivity index (χ1v) is 8.55. The molecular weight excluding hydrogens is 333 g/mol. The Kier molecular flexibility index (Phi) is 7.89. The third-order valence-corrected chi connectivity index (χ3v) is 3.78. The summed E-state index contributed by atoms with van der Waals surface area (Å²) < 4.78 is 24.1. The number of benzene rings is 2. The molecule has 6 heteroatoms. The second kappa shape index (κ2) is 10.4. The zero-order valence-corrected chi connectivity index (χ0v) is 15.5. The predicted octanol–water partition coefficient (Wildman–Crippen LogP) is 3.10. The lowest BCUT2D eigenvalue weighted by atomic mass is 10.1. The monoisotopic (exact) mass is 359 g/mol. The fraction of sp³-hybridized carbons (Fsp3) is 0.350. The third kappa shape index (κ3) is 6.37. The zero-order chi connectivity index (χ0) is 18.8. The van der Waals surface area contributed by atoms with Crippen LogP contribution in [0.25, 0.3) is 0 Å². The number of hydrogen-bond acceptors (Lipinski definition) is 3. The molecule has 0 amide bonds. The molecule has 0 heterocycles. The Morgan fingerprint density at radius 2 is 1.88 bits per heavy atom. The van der Waals surface area contributed by atoms with E-state index in [2.05, 4.69) is 21.7 Å². The highest BCUT2D eigenvalue weighted by Gasteiger charge is 2.07. The summed E-state index contributed by atoms with van der Waals surface area (Å²) in [6, 6.07) is 14.2. The van der Waals surface area contributed by atoms with Crippen molar-refractivity contribution in [3.05, 3.63) is 65.5 Å². The molecule has 0 fully saturated rings. The Hall–Kier alpha value is -2.60. The second-order valence-electron chi connectivity index (χ2n) is 5.89. The molecule has 0 radical (unpaired) electrons. The van der Waals surface area contributed by atoms with Gasteiger partial charge < -0.3 is 20.1 Å². The van der Waals surface area contributed by atoms with Crippen molar-refractivity contribution in [2.45, 2.75) is 26.2 Å². The molecular formula is C20H26FN3O2. The van der Waals surface area contributed by atoms with Gasteiger partial charge in [-0.2, -0.15) is 0 Å². The molecule has 2 aromatic carbocycles. The van der Waals surface area contributed by atoms with E-state index in [4.69, 9.17) is 9.47 Å². The molecule has 2 N–H and O–H groups in total. The molecule has 0 aliphatic heterocycles. The van der Waals surface area contributed by atoms with Crippen molar-refractivity contribution in [2.75, 3.05) is 20.7 Å². The predicted molar refractivity (Wildman–Crippen MR) is 102 cm³/mol. The lowest BCUT2D eigenvalue weighted by Gasteiger charge is -2.18. The van der Waals surface area contributed by atoms with Crippen molar-refractivity contribution in [1.29, 1.82) is 0 Å². The van der Waals surface area contributed by atoms with Gasteiger partial charge in [-0.25, -0.2) is 4.39 Å². The summed E-state index contributed by atoms with van der Waals surface area (Å²) in [6.45, 7) is 3.66. The van der Waals surface area contributed by atoms with Gasteiger partial charge in [-0.05, 0) is 30.2 Å². The lowest BCUT2D eigenvalue weighted by Crippen LogP contribution is -2.41. The number of methoxy groups -OCH3 is 1. The van der Waals surface area contributed by atoms with Crippen LogP contribution < -0.4 is 15.4 Å². The van der Waals surface area contributed by atoms with Crippen LogP contribution in [0.3, 0.4) is 0 Å². The smallest absolute Gasteiger partial charge is 0.191 e. The van der Waals surface area contributed by atoms with Crippen molar-refractivity contribution in [3.8, 4) is 5.75 Å². The van der Waals surface area contributed by atoms with Crippen LogP contribution in [0.5, 0.6) is 5.75 Å². The fourth-order valence-electron chi connectivity index (χ4n) is 2.48. The van der Waals surface area contributed by atoms with E-state index >= 15 is 0 Å². The number of guanidine groups is 1. The molecule has 5 nitrogen and oxygen atoms in total. The first kappa shape index (κ1) is 19.7. The molecule has 0 bridgehead atoms. The maximum atomic E-state index is 13.2. The van der Waals surface area contributed by atoms with E-state index in [1.54, 1.807) is 26.3 Å². The van der Waals surface area contributed by atoms with E-state index in [1.807, 2.05) is 25.1 Å². The van der Waals surface area contributed by atoms with Crippen LogP contribution in [-0.2, 0) is 17.9 Å². The zero-order valence-electron chi connectivity index (χ0n) is 15.5. The van der Waals surface area contributed by atoms with Gasteiger partial charge in [0.1, 0.15) is 17.7 Å². The highest BCUT2D eigenvalue weighted by Crippen LogP contribution is 2.13. The number of rotatable bonds is 8. The Labute approximate surface area is 154 Å². The van der Waals surface area contributed by atoms with Crippen LogP contribution in [0, 0.1) is 5.82 Å². The molecule has 26 heavy (non-hydrogen) atoms. The molecule has 1 unspecified atom stereocenters. The van der Waals surface area contributed by atoms with Crippen LogP contribution in [0.15, 0.2) is 53.5 Å². The average Bonchev–Trinajstić information content (AvgIpc) is 2.63. The van der Waals surface area contributed by atoms with Crippen LogP contribution in [-0.4, -0.2) is 32.8 Å². The summed E-state index contributed by atoms with van der Waals surface area (Å²) in [5.41, 5.74) is 2.29. The van der Waals surface area contributed by atoms with Gasteiger partial charge in [-0.1, -0.05) is 30.3 Å². The van der Waals surface area contributed by atoms with Crippen LogP contribution in [0.2, 0.25) is 0 Å². The van der Waals surface area contributed by atoms with Crippen molar-refractivity contribution in [1.82, 2.24) is 10.6 Å². The minimum atomic E-state index is -0.310. The van der Waals surface area contributed by atoms with Crippen LogP contribution in [0.4, 0.5) is 4.39 Å². The lowest BCUT2D eigenvalue weighted by molar-refractivity contribution is 0.184. The normalized spacial score (nSPS) is 12.5. The fourth-order valence-corrected chi connectivity index (χ4v) is 2.48. The highest BCUT2D eigenvalue weighted by atomic mass is 19.1. The molecule has 0 spiro atoms. The summed E-state index contributed by atoms with van der Waals surface area (Å²) in [6.07, 6.45) is -0.142. The minimum absolute atomic E-state index is 0.142. The Morgan fingerprint density at radius 3 is 2.58 bits per heavy atom. The molecule has 0 saturated carbocycles. The maximum absolute atomic E-state index is 13.2. The summed E-state index contributed by atoms with van der Waals surface area (Å²) in [5, 5.41) is 6.50.